The Morgan fingerprint density at radius 1 is 1.00 bits per heavy atom. The van der Waals surface area contributed by atoms with E-state index in [0.717, 1.165) is 10.0 Å². The maximum atomic E-state index is 12.4. The lowest BCUT2D eigenvalue weighted by molar-refractivity contribution is -0.123. The number of rotatable bonds is 8. The first kappa shape index (κ1) is 23.0. The molecular formula is C24H21BrN2O5. The standard InChI is InChI=1S/C24H21BrN2O5/c1-16-7-9-17(10-8-16)24(29)32-20-12-11-19(25)13-18(20)14-26-27-23(28)15-31-22-6-4-3-5-21(22)30-2/h3-14H,15H2,1-2H3,(H,27,28)/b26-14-. The lowest BCUT2D eigenvalue weighted by atomic mass is 10.1. The third-order valence-corrected chi connectivity index (χ3v) is 4.78. The first-order valence-electron chi connectivity index (χ1n) is 9.62. The second kappa shape index (κ2) is 11.1. The Morgan fingerprint density at radius 3 is 2.44 bits per heavy atom. The fraction of sp³-hybridized carbons (Fsp3) is 0.125. The molecular weight excluding hydrogens is 476 g/mol. The van der Waals surface area contributed by atoms with Gasteiger partial charge in [0.2, 0.25) is 0 Å². The van der Waals surface area contributed by atoms with Gasteiger partial charge in [-0.05, 0) is 49.4 Å². The minimum atomic E-state index is -0.490. The van der Waals surface area contributed by atoms with E-state index >= 15 is 0 Å². The highest BCUT2D eigenvalue weighted by atomic mass is 79.9. The fourth-order valence-electron chi connectivity index (χ4n) is 2.65. The lowest BCUT2D eigenvalue weighted by Crippen LogP contribution is -2.24. The molecule has 0 aliphatic rings. The average Bonchev–Trinajstić information content (AvgIpc) is 2.80. The minimum Gasteiger partial charge on any atom is -0.493 e. The number of nitrogens with one attached hydrogen (secondary N) is 1. The summed E-state index contributed by atoms with van der Waals surface area (Å²) in [4.78, 5) is 24.5. The molecule has 1 amide bonds. The van der Waals surface area contributed by atoms with Gasteiger partial charge in [0.25, 0.3) is 5.91 Å². The number of hydrogen-bond acceptors (Lipinski definition) is 6. The summed E-state index contributed by atoms with van der Waals surface area (Å²) in [6, 6.07) is 19.2. The molecule has 0 spiro atoms. The first-order valence-corrected chi connectivity index (χ1v) is 10.4. The molecule has 0 saturated carbocycles. The summed E-state index contributed by atoms with van der Waals surface area (Å²) in [7, 11) is 1.52. The second-order valence-corrected chi connectivity index (χ2v) is 7.59. The molecule has 164 valence electrons. The Kier molecular flexibility index (Phi) is 7.99. The highest BCUT2D eigenvalue weighted by Gasteiger charge is 2.12. The van der Waals surface area contributed by atoms with Crippen LogP contribution in [0.2, 0.25) is 0 Å². The first-order chi connectivity index (χ1) is 15.5. The zero-order chi connectivity index (χ0) is 22.9. The molecule has 32 heavy (non-hydrogen) atoms. The van der Waals surface area contributed by atoms with Gasteiger partial charge < -0.3 is 14.2 Å². The zero-order valence-electron chi connectivity index (χ0n) is 17.5. The Bertz CT molecular complexity index is 1130. The van der Waals surface area contributed by atoms with Gasteiger partial charge in [-0.1, -0.05) is 45.8 Å². The van der Waals surface area contributed by atoms with E-state index in [-0.39, 0.29) is 6.61 Å². The van der Waals surface area contributed by atoms with Crippen LogP contribution >= 0.6 is 15.9 Å². The predicted octanol–water partition coefficient (Wildman–Crippen LogP) is 4.51. The number of aryl methyl sites for hydroxylation is 1. The third kappa shape index (κ3) is 6.42. The van der Waals surface area contributed by atoms with Gasteiger partial charge in [0, 0.05) is 10.0 Å². The van der Waals surface area contributed by atoms with E-state index in [9.17, 15) is 9.59 Å². The number of halogens is 1. The number of benzene rings is 3. The average molecular weight is 497 g/mol. The molecule has 0 saturated heterocycles. The van der Waals surface area contributed by atoms with Crippen molar-refractivity contribution in [2.75, 3.05) is 13.7 Å². The van der Waals surface area contributed by atoms with Crippen LogP contribution in [0.4, 0.5) is 0 Å². The summed E-state index contributed by atoms with van der Waals surface area (Å²) in [5.74, 6) is 0.336. The van der Waals surface area contributed by atoms with E-state index in [2.05, 4.69) is 26.5 Å². The van der Waals surface area contributed by atoms with Crippen molar-refractivity contribution in [1.29, 1.82) is 0 Å². The highest BCUT2D eigenvalue weighted by molar-refractivity contribution is 9.10. The van der Waals surface area contributed by atoms with Gasteiger partial charge in [-0.3, -0.25) is 4.79 Å². The summed E-state index contributed by atoms with van der Waals surface area (Å²) in [6.07, 6.45) is 1.39. The number of esters is 1. The Labute approximate surface area is 194 Å². The topological polar surface area (TPSA) is 86.2 Å². The molecule has 3 aromatic carbocycles. The van der Waals surface area contributed by atoms with Crippen molar-refractivity contribution in [2.24, 2.45) is 5.10 Å². The molecule has 3 rings (SSSR count). The number of methoxy groups -OCH3 is 1. The number of amides is 1. The summed E-state index contributed by atoms with van der Waals surface area (Å²) >= 11 is 3.38. The number of ether oxygens (including phenoxy) is 3. The lowest BCUT2D eigenvalue weighted by Gasteiger charge is -2.09. The van der Waals surface area contributed by atoms with Gasteiger partial charge >= 0.3 is 5.97 Å². The summed E-state index contributed by atoms with van der Waals surface area (Å²) in [6.45, 7) is 1.69. The van der Waals surface area contributed by atoms with Crippen molar-refractivity contribution in [2.45, 2.75) is 6.92 Å². The van der Waals surface area contributed by atoms with Crippen molar-refractivity contribution in [3.8, 4) is 17.2 Å². The normalized spacial score (nSPS) is 10.6. The van der Waals surface area contributed by atoms with Crippen LogP contribution in [0.25, 0.3) is 0 Å². The van der Waals surface area contributed by atoms with Crippen molar-refractivity contribution in [3.63, 3.8) is 0 Å². The van der Waals surface area contributed by atoms with Crippen LogP contribution in [0.1, 0.15) is 21.5 Å². The van der Waals surface area contributed by atoms with Crippen LogP contribution < -0.4 is 19.6 Å². The van der Waals surface area contributed by atoms with E-state index in [4.69, 9.17) is 14.2 Å². The maximum Gasteiger partial charge on any atom is 0.343 e. The molecule has 0 radical (unpaired) electrons. The third-order valence-electron chi connectivity index (χ3n) is 4.28. The van der Waals surface area contributed by atoms with Crippen molar-refractivity contribution >= 4 is 34.0 Å². The van der Waals surface area contributed by atoms with Crippen molar-refractivity contribution in [1.82, 2.24) is 5.43 Å². The molecule has 0 aliphatic heterocycles. The minimum absolute atomic E-state index is 0.245. The van der Waals surface area contributed by atoms with Crippen molar-refractivity contribution < 1.29 is 23.8 Å². The SMILES string of the molecule is COc1ccccc1OCC(=O)N/N=C\c1cc(Br)ccc1OC(=O)c1ccc(C)cc1. The summed E-state index contributed by atoms with van der Waals surface area (Å²) in [5, 5.41) is 3.94. The van der Waals surface area contributed by atoms with Crippen LogP contribution in [-0.2, 0) is 4.79 Å². The van der Waals surface area contributed by atoms with Gasteiger partial charge in [-0.15, -0.1) is 0 Å². The Morgan fingerprint density at radius 2 is 1.72 bits per heavy atom. The quantitative estimate of drug-likeness (QED) is 0.214. The van der Waals surface area contributed by atoms with Crippen LogP contribution in [0.3, 0.4) is 0 Å². The van der Waals surface area contributed by atoms with E-state index in [1.54, 1.807) is 54.6 Å². The maximum absolute atomic E-state index is 12.4. The fourth-order valence-corrected chi connectivity index (χ4v) is 3.03. The molecule has 0 fully saturated rings. The molecule has 1 N–H and O–H groups in total. The van der Waals surface area contributed by atoms with E-state index < -0.39 is 11.9 Å². The number of carbonyl (C=O) groups excluding carboxylic acids is 2. The van der Waals surface area contributed by atoms with Gasteiger partial charge in [0.15, 0.2) is 18.1 Å². The molecule has 0 bridgehead atoms. The smallest absolute Gasteiger partial charge is 0.343 e. The predicted molar refractivity (Wildman–Crippen MR) is 125 cm³/mol. The molecule has 0 aliphatic carbocycles. The van der Waals surface area contributed by atoms with Gasteiger partial charge in [-0.2, -0.15) is 5.10 Å². The van der Waals surface area contributed by atoms with Crippen LogP contribution in [0, 0.1) is 6.92 Å². The molecule has 0 aromatic heterocycles. The van der Waals surface area contributed by atoms with E-state index in [1.807, 2.05) is 19.1 Å². The van der Waals surface area contributed by atoms with Gasteiger partial charge in [0.05, 0.1) is 18.9 Å². The number of carbonyl (C=O) groups is 2. The zero-order valence-corrected chi connectivity index (χ0v) is 19.1. The number of hydrazone groups is 1. The number of para-hydroxylation sites is 2. The Hall–Kier alpha value is -3.65. The monoisotopic (exact) mass is 496 g/mol. The molecule has 8 heteroatoms. The van der Waals surface area contributed by atoms with E-state index in [1.165, 1.54) is 13.3 Å². The molecule has 0 atom stereocenters. The van der Waals surface area contributed by atoms with Crippen LogP contribution in [-0.4, -0.2) is 31.8 Å². The number of hydrogen-bond donors (Lipinski definition) is 1. The van der Waals surface area contributed by atoms with Crippen LogP contribution in [0.15, 0.2) is 76.3 Å². The van der Waals surface area contributed by atoms with Gasteiger partial charge in [0.1, 0.15) is 5.75 Å². The summed E-state index contributed by atoms with van der Waals surface area (Å²) in [5.41, 5.74) is 4.37. The van der Waals surface area contributed by atoms with Crippen LogP contribution in [0.5, 0.6) is 17.2 Å². The highest BCUT2D eigenvalue weighted by Crippen LogP contribution is 2.25. The Balaban J connectivity index is 1.62. The summed E-state index contributed by atoms with van der Waals surface area (Å²) < 4.78 is 16.9. The molecule has 7 nitrogen and oxygen atoms in total. The van der Waals surface area contributed by atoms with Crippen molar-refractivity contribution in [3.05, 3.63) is 87.9 Å². The molecule has 3 aromatic rings. The van der Waals surface area contributed by atoms with Gasteiger partial charge in [-0.25, -0.2) is 10.2 Å². The van der Waals surface area contributed by atoms with E-state index in [0.29, 0.717) is 28.4 Å². The largest absolute Gasteiger partial charge is 0.493 e. The second-order valence-electron chi connectivity index (χ2n) is 6.67. The molecule has 0 heterocycles. The molecule has 0 unspecified atom stereocenters. The number of nitrogens with zero attached hydrogens (tertiary/aromatic N) is 1.